The van der Waals surface area contributed by atoms with E-state index in [0.29, 0.717) is 36.2 Å². The van der Waals surface area contributed by atoms with Crippen molar-refractivity contribution in [3.05, 3.63) is 56.9 Å². The first-order chi connectivity index (χ1) is 15.8. The maximum atomic E-state index is 12.7. The second-order valence-electron chi connectivity index (χ2n) is 7.30. The molecule has 172 valence electrons. The second kappa shape index (κ2) is 10.0. The lowest BCUT2D eigenvalue weighted by Gasteiger charge is -2.28. The number of imide groups is 1. The molecule has 2 aromatic carbocycles. The molecule has 0 unspecified atom stereocenters. The molecule has 8 nitrogen and oxygen atoms in total. The summed E-state index contributed by atoms with van der Waals surface area (Å²) >= 11 is 12.5. The van der Waals surface area contributed by atoms with Crippen LogP contribution in [0.15, 0.2) is 41.3 Å². The lowest BCUT2D eigenvalue weighted by molar-refractivity contribution is -0.127. The van der Waals surface area contributed by atoms with E-state index < -0.39 is 23.6 Å². The third-order valence-electron chi connectivity index (χ3n) is 5.04. The number of carbonyl (C=O) groups excluding carboxylic acids is 3. The quantitative estimate of drug-likeness (QED) is 0.584. The number of hydrogen-bond donors (Lipinski definition) is 2. The Morgan fingerprint density at radius 2 is 1.76 bits per heavy atom. The van der Waals surface area contributed by atoms with Crippen molar-refractivity contribution < 1.29 is 24.2 Å². The molecule has 0 aliphatic carbocycles. The number of anilines is 2. The fraction of sp³-hybridized carbons (Fsp3) is 0.227. The average Bonchev–Trinajstić information content (AvgIpc) is 3.05. The van der Waals surface area contributed by atoms with Gasteiger partial charge in [-0.05, 0) is 59.8 Å². The van der Waals surface area contributed by atoms with E-state index in [4.69, 9.17) is 27.9 Å². The molecular formula is C22H19Cl2N3O5S. The van der Waals surface area contributed by atoms with Crippen LogP contribution in [0.1, 0.15) is 5.56 Å². The first-order valence-corrected chi connectivity index (χ1v) is 11.5. The number of carbonyl (C=O) groups is 3. The van der Waals surface area contributed by atoms with E-state index in [2.05, 4.69) is 10.2 Å². The number of nitrogens with zero attached hydrogens (tertiary/aromatic N) is 2. The number of thioether (sulfide) groups is 1. The molecule has 33 heavy (non-hydrogen) atoms. The topological polar surface area (TPSA) is 99.2 Å². The van der Waals surface area contributed by atoms with Gasteiger partial charge in [0.15, 0.2) is 5.75 Å². The summed E-state index contributed by atoms with van der Waals surface area (Å²) in [6.45, 7) is 2.56. The molecule has 4 rings (SSSR count). The number of hydrogen-bond acceptors (Lipinski definition) is 7. The third-order valence-corrected chi connectivity index (χ3v) is 6.52. The summed E-state index contributed by atoms with van der Waals surface area (Å²) in [5, 5.41) is 11.8. The molecule has 3 amide bonds. The van der Waals surface area contributed by atoms with Crippen LogP contribution in [0.25, 0.3) is 6.08 Å². The summed E-state index contributed by atoms with van der Waals surface area (Å²) in [5.74, 6) is -1.35. The van der Waals surface area contributed by atoms with Crippen LogP contribution in [0.4, 0.5) is 16.2 Å². The van der Waals surface area contributed by atoms with Crippen LogP contribution in [0.5, 0.6) is 5.75 Å². The Morgan fingerprint density at radius 1 is 1.12 bits per heavy atom. The zero-order chi connectivity index (χ0) is 23.5. The second-order valence-corrected chi connectivity index (χ2v) is 9.10. The molecule has 0 atom stereocenters. The summed E-state index contributed by atoms with van der Waals surface area (Å²) in [4.78, 5) is 40.6. The summed E-state index contributed by atoms with van der Waals surface area (Å²) in [6.07, 6.45) is 1.43. The van der Waals surface area contributed by atoms with Crippen LogP contribution in [-0.2, 0) is 14.3 Å². The van der Waals surface area contributed by atoms with Crippen molar-refractivity contribution in [2.24, 2.45) is 0 Å². The molecule has 2 saturated heterocycles. The lowest BCUT2D eigenvalue weighted by atomic mass is 10.2. The highest BCUT2D eigenvalue weighted by atomic mass is 35.5. The van der Waals surface area contributed by atoms with Gasteiger partial charge in [0.25, 0.3) is 11.1 Å². The largest absolute Gasteiger partial charge is 0.505 e. The number of phenolic OH excluding ortho intramolecular Hbond substituents is 1. The van der Waals surface area contributed by atoms with Gasteiger partial charge >= 0.3 is 0 Å². The fourth-order valence-electron chi connectivity index (χ4n) is 3.38. The number of morpholine rings is 1. The van der Waals surface area contributed by atoms with E-state index in [0.717, 1.165) is 23.7 Å². The minimum Gasteiger partial charge on any atom is -0.505 e. The van der Waals surface area contributed by atoms with Gasteiger partial charge in [-0.15, -0.1) is 0 Å². The van der Waals surface area contributed by atoms with Crippen molar-refractivity contribution in [2.45, 2.75) is 0 Å². The van der Waals surface area contributed by atoms with Crippen LogP contribution >= 0.6 is 35.0 Å². The summed E-state index contributed by atoms with van der Waals surface area (Å²) in [6, 6.07) is 10.2. The summed E-state index contributed by atoms with van der Waals surface area (Å²) < 4.78 is 5.35. The molecule has 0 bridgehead atoms. The van der Waals surface area contributed by atoms with E-state index >= 15 is 0 Å². The molecule has 11 heteroatoms. The predicted molar refractivity (Wildman–Crippen MR) is 129 cm³/mol. The number of phenols is 1. The van der Waals surface area contributed by atoms with E-state index in [1.165, 1.54) is 18.2 Å². The van der Waals surface area contributed by atoms with Gasteiger partial charge in [-0.2, -0.15) is 0 Å². The number of amides is 3. The summed E-state index contributed by atoms with van der Waals surface area (Å²) in [5.41, 5.74) is 2.04. The van der Waals surface area contributed by atoms with Crippen molar-refractivity contribution >= 4 is 69.5 Å². The van der Waals surface area contributed by atoms with Gasteiger partial charge < -0.3 is 20.1 Å². The summed E-state index contributed by atoms with van der Waals surface area (Å²) in [7, 11) is 0. The molecule has 2 aliphatic rings. The Morgan fingerprint density at radius 3 is 2.39 bits per heavy atom. The minimum atomic E-state index is -0.594. The Bertz CT molecular complexity index is 1110. The Hall–Kier alpha value is -2.72. The van der Waals surface area contributed by atoms with Crippen LogP contribution < -0.4 is 10.2 Å². The number of benzene rings is 2. The molecule has 0 saturated carbocycles. The van der Waals surface area contributed by atoms with Gasteiger partial charge in [0.1, 0.15) is 6.54 Å². The number of ether oxygens (including phenoxy) is 1. The van der Waals surface area contributed by atoms with Crippen molar-refractivity contribution in [3.8, 4) is 5.75 Å². The van der Waals surface area contributed by atoms with Gasteiger partial charge in [0.05, 0.1) is 28.2 Å². The molecular weight excluding hydrogens is 489 g/mol. The zero-order valence-electron chi connectivity index (χ0n) is 17.2. The number of aromatic hydroxyl groups is 1. The van der Waals surface area contributed by atoms with Crippen LogP contribution in [0, 0.1) is 0 Å². The SMILES string of the molecule is O=C(CN1C(=O)S/C(=C\c2cc(Cl)c(O)c(Cl)c2)C1=O)Nc1ccc(N2CCOCC2)cc1. The Labute approximate surface area is 204 Å². The highest BCUT2D eigenvalue weighted by Crippen LogP contribution is 2.36. The monoisotopic (exact) mass is 507 g/mol. The molecule has 0 aromatic heterocycles. The third kappa shape index (κ3) is 5.44. The molecule has 2 fully saturated rings. The van der Waals surface area contributed by atoms with Crippen LogP contribution in [-0.4, -0.2) is 59.9 Å². The first-order valence-electron chi connectivity index (χ1n) is 9.98. The highest BCUT2D eigenvalue weighted by molar-refractivity contribution is 8.18. The average molecular weight is 508 g/mol. The predicted octanol–water partition coefficient (Wildman–Crippen LogP) is 4.21. The first kappa shape index (κ1) is 23.4. The van der Waals surface area contributed by atoms with Crippen LogP contribution in [0.2, 0.25) is 10.0 Å². The van der Waals surface area contributed by atoms with E-state index in [-0.39, 0.29) is 20.7 Å². The number of nitrogens with one attached hydrogen (secondary N) is 1. The van der Waals surface area contributed by atoms with Gasteiger partial charge in [0, 0.05) is 24.5 Å². The van der Waals surface area contributed by atoms with Crippen molar-refractivity contribution in [2.75, 3.05) is 43.1 Å². The number of rotatable bonds is 5. The fourth-order valence-corrected chi connectivity index (χ4v) is 4.72. The highest BCUT2D eigenvalue weighted by Gasteiger charge is 2.36. The maximum Gasteiger partial charge on any atom is 0.294 e. The molecule has 0 radical (unpaired) electrons. The molecule has 0 spiro atoms. The van der Waals surface area contributed by atoms with Crippen molar-refractivity contribution in [3.63, 3.8) is 0 Å². The molecule has 2 aliphatic heterocycles. The van der Waals surface area contributed by atoms with E-state index in [9.17, 15) is 19.5 Å². The van der Waals surface area contributed by atoms with Gasteiger partial charge in [-0.25, -0.2) is 0 Å². The van der Waals surface area contributed by atoms with Gasteiger partial charge in [0.2, 0.25) is 5.91 Å². The van der Waals surface area contributed by atoms with Gasteiger partial charge in [-0.1, -0.05) is 23.2 Å². The smallest absolute Gasteiger partial charge is 0.294 e. The van der Waals surface area contributed by atoms with E-state index in [1.54, 1.807) is 12.1 Å². The molecule has 2 aromatic rings. The zero-order valence-corrected chi connectivity index (χ0v) is 19.5. The van der Waals surface area contributed by atoms with Crippen molar-refractivity contribution in [1.29, 1.82) is 0 Å². The van der Waals surface area contributed by atoms with E-state index in [1.807, 2.05) is 12.1 Å². The molecule has 2 heterocycles. The molecule has 2 N–H and O–H groups in total. The van der Waals surface area contributed by atoms with Crippen LogP contribution in [0.3, 0.4) is 0 Å². The normalized spacial score (nSPS) is 17.7. The Kier molecular flexibility index (Phi) is 7.14. The van der Waals surface area contributed by atoms with Gasteiger partial charge in [-0.3, -0.25) is 19.3 Å². The standard InChI is InChI=1S/C22H19Cl2N3O5S/c23-16-9-13(10-17(24)20(16)29)11-18-21(30)27(22(31)33-18)12-19(28)25-14-1-3-15(4-2-14)26-5-7-32-8-6-26/h1-4,9-11,29H,5-8,12H2,(H,25,28)/b18-11-. The van der Waals surface area contributed by atoms with Crippen molar-refractivity contribution in [1.82, 2.24) is 4.90 Å². The Balaban J connectivity index is 1.39. The lowest BCUT2D eigenvalue weighted by Crippen LogP contribution is -2.36. The number of halogens is 2. The minimum absolute atomic E-state index is 0.0204. The maximum absolute atomic E-state index is 12.7.